The standard InChI is InChI=1S/C18H23N7O.2ClH/c1-11-9-13(15-12(2)22-24(4)17(15)21-11)18(26)25-8-5-19-10-14(25)16-20-6-7-23(16)3;;/h6-7,9,14,19H,5,8,10H2,1-4H3;2*1H. The maximum absolute atomic E-state index is 13.5. The molecule has 1 aliphatic heterocycles. The van der Waals surface area contributed by atoms with Gasteiger partial charge in [0.05, 0.1) is 16.6 Å². The van der Waals surface area contributed by atoms with Gasteiger partial charge in [-0.05, 0) is 19.9 Å². The SMILES string of the molecule is Cc1cc(C(=O)N2CCNCC2c2nccn2C)c2c(C)nn(C)c2n1.Cl.Cl. The monoisotopic (exact) mass is 425 g/mol. The van der Waals surface area contributed by atoms with E-state index in [1.165, 1.54) is 0 Å². The van der Waals surface area contributed by atoms with E-state index in [1.807, 2.05) is 49.7 Å². The molecule has 1 unspecified atom stereocenters. The molecule has 8 nitrogen and oxygen atoms in total. The number of carbonyl (C=O) groups is 1. The summed E-state index contributed by atoms with van der Waals surface area (Å²) in [4.78, 5) is 24.5. The van der Waals surface area contributed by atoms with Gasteiger partial charge in [0, 0.05) is 51.8 Å². The fourth-order valence-corrected chi connectivity index (χ4v) is 3.77. The minimum atomic E-state index is -0.100. The molecule has 0 aromatic carbocycles. The van der Waals surface area contributed by atoms with Crippen LogP contribution in [-0.2, 0) is 14.1 Å². The van der Waals surface area contributed by atoms with E-state index in [4.69, 9.17) is 0 Å². The first-order chi connectivity index (χ1) is 12.5. The zero-order valence-corrected chi connectivity index (χ0v) is 18.0. The van der Waals surface area contributed by atoms with Crippen LogP contribution in [0.2, 0.25) is 0 Å². The van der Waals surface area contributed by atoms with Gasteiger partial charge in [-0.3, -0.25) is 9.48 Å². The van der Waals surface area contributed by atoms with Crippen LogP contribution in [0.25, 0.3) is 11.0 Å². The van der Waals surface area contributed by atoms with Crippen LogP contribution in [0.5, 0.6) is 0 Å². The zero-order valence-electron chi connectivity index (χ0n) is 16.3. The molecule has 1 aliphatic rings. The van der Waals surface area contributed by atoms with E-state index in [9.17, 15) is 4.79 Å². The zero-order chi connectivity index (χ0) is 18.4. The summed E-state index contributed by atoms with van der Waals surface area (Å²) in [7, 11) is 3.82. The van der Waals surface area contributed by atoms with E-state index in [0.29, 0.717) is 18.7 Å². The number of imidazole rings is 1. The molecule has 0 spiro atoms. The molecule has 4 rings (SSSR count). The molecule has 0 bridgehead atoms. The van der Waals surface area contributed by atoms with E-state index < -0.39 is 0 Å². The number of rotatable bonds is 2. The van der Waals surface area contributed by atoms with Crippen molar-refractivity contribution < 1.29 is 4.79 Å². The van der Waals surface area contributed by atoms with Crippen LogP contribution in [0, 0.1) is 13.8 Å². The van der Waals surface area contributed by atoms with E-state index in [1.54, 1.807) is 10.9 Å². The molecule has 28 heavy (non-hydrogen) atoms. The van der Waals surface area contributed by atoms with Gasteiger partial charge < -0.3 is 14.8 Å². The summed E-state index contributed by atoms with van der Waals surface area (Å²) in [6.45, 7) is 5.93. The lowest BCUT2D eigenvalue weighted by atomic mass is 10.1. The number of amides is 1. The largest absolute Gasteiger partial charge is 0.336 e. The molecule has 1 saturated heterocycles. The molecule has 4 heterocycles. The Morgan fingerprint density at radius 1 is 1.25 bits per heavy atom. The Hall–Kier alpha value is -2.16. The van der Waals surface area contributed by atoms with Crippen molar-refractivity contribution in [2.75, 3.05) is 19.6 Å². The topological polar surface area (TPSA) is 80.9 Å². The first-order valence-electron chi connectivity index (χ1n) is 8.77. The molecule has 0 aliphatic carbocycles. The lowest BCUT2D eigenvalue weighted by Crippen LogP contribution is -2.49. The molecule has 0 saturated carbocycles. The highest BCUT2D eigenvalue weighted by Gasteiger charge is 2.32. The number of nitrogens with one attached hydrogen (secondary N) is 1. The Kier molecular flexibility index (Phi) is 6.69. The van der Waals surface area contributed by atoms with Crippen molar-refractivity contribution in [1.29, 1.82) is 0 Å². The molecular formula is C18H25Cl2N7O. The highest BCUT2D eigenvalue weighted by atomic mass is 35.5. The van der Waals surface area contributed by atoms with Gasteiger partial charge in [0.25, 0.3) is 5.91 Å². The van der Waals surface area contributed by atoms with Crippen molar-refractivity contribution in [3.05, 3.63) is 41.2 Å². The minimum Gasteiger partial charge on any atom is -0.336 e. The van der Waals surface area contributed by atoms with Gasteiger partial charge in [-0.1, -0.05) is 0 Å². The molecule has 1 N–H and O–H groups in total. The number of aryl methyl sites for hydroxylation is 4. The average molecular weight is 426 g/mol. The van der Waals surface area contributed by atoms with Crippen molar-refractivity contribution >= 4 is 41.8 Å². The van der Waals surface area contributed by atoms with E-state index >= 15 is 0 Å². The van der Waals surface area contributed by atoms with Crippen LogP contribution in [0.15, 0.2) is 18.5 Å². The number of pyridine rings is 1. The average Bonchev–Trinajstić information content (AvgIpc) is 3.17. The van der Waals surface area contributed by atoms with Crippen LogP contribution in [0.3, 0.4) is 0 Å². The lowest BCUT2D eigenvalue weighted by molar-refractivity contribution is 0.0622. The van der Waals surface area contributed by atoms with Gasteiger partial charge in [0.15, 0.2) is 5.65 Å². The van der Waals surface area contributed by atoms with E-state index in [0.717, 1.165) is 34.8 Å². The van der Waals surface area contributed by atoms with Crippen LogP contribution in [0.1, 0.15) is 33.6 Å². The summed E-state index contributed by atoms with van der Waals surface area (Å²) < 4.78 is 3.71. The molecule has 1 amide bonds. The van der Waals surface area contributed by atoms with E-state index in [2.05, 4.69) is 20.4 Å². The molecule has 152 valence electrons. The van der Waals surface area contributed by atoms with Crippen LogP contribution < -0.4 is 5.32 Å². The second-order valence-electron chi connectivity index (χ2n) is 6.83. The highest BCUT2D eigenvalue weighted by molar-refractivity contribution is 6.06. The molecule has 3 aromatic rings. The normalized spacial score (nSPS) is 16.6. The number of hydrogen-bond acceptors (Lipinski definition) is 5. The summed E-state index contributed by atoms with van der Waals surface area (Å²) in [6, 6.07) is 1.77. The van der Waals surface area contributed by atoms with E-state index in [-0.39, 0.29) is 36.8 Å². The van der Waals surface area contributed by atoms with Crippen LogP contribution >= 0.6 is 24.8 Å². The summed E-state index contributed by atoms with van der Waals surface area (Å²) in [5.41, 5.74) is 3.04. The van der Waals surface area contributed by atoms with Gasteiger partial charge in [0.2, 0.25) is 0 Å². The molecule has 3 aromatic heterocycles. The van der Waals surface area contributed by atoms with Gasteiger partial charge in [-0.2, -0.15) is 5.10 Å². The minimum absolute atomic E-state index is 0. The number of fused-ring (bicyclic) bond motifs is 1. The number of hydrogen-bond donors (Lipinski definition) is 1. The number of nitrogens with zero attached hydrogens (tertiary/aromatic N) is 6. The van der Waals surface area contributed by atoms with Crippen LogP contribution in [0.4, 0.5) is 0 Å². The third-order valence-corrected chi connectivity index (χ3v) is 4.99. The quantitative estimate of drug-likeness (QED) is 0.678. The van der Waals surface area contributed by atoms with Gasteiger partial charge in [-0.15, -0.1) is 24.8 Å². The first kappa shape index (κ1) is 22.1. The van der Waals surface area contributed by atoms with Crippen molar-refractivity contribution in [2.24, 2.45) is 14.1 Å². The van der Waals surface area contributed by atoms with Crippen molar-refractivity contribution in [1.82, 2.24) is 34.5 Å². The fourth-order valence-electron chi connectivity index (χ4n) is 3.77. The fraction of sp³-hybridized carbons (Fsp3) is 0.444. The molecule has 1 fully saturated rings. The molecule has 1 atom stereocenters. The highest BCUT2D eigenvalue weighted by Crippen LogP contribution is 2.27. The van der Waals surface area contributed by atoms with Crippen molar-refractivity contribution in [3.63, 3.8) is 0 Å². The Labute approximate surface area is 176 Å². The number of carbonyl (C=O) groups excluding carboxylic acids is 1. The second-order valence-corrected chi connectivity index (χ2v) is 6.83. The van der Waals surface area contributed by atoms with Crippen molar-refractivity contribution in [3.8, 4) is 0 Å². The Balaban J connectivity index is 0.00000140. The molecule has 0 radical (unpaired) electrons. The summed E-state index contributed by atoms with van der Waals surface area (Å²) in [5, 5.41) is 8.67. The number of aromatic nitrogens is 5. The summed E-state index contributed by atoms with van der Waals surface area (Å²) >= 11 is 0. The summed E-state index contributed by atoms with van der Waals surface area (Å²) in [5.74, 6) is 0.890. The number of halogens is 2. The molecule has 10 heteroatoms. The Morgan fingerprint density at radius 3 is 2.68 bits per heavy atom. The first-order valence-corrected chi connectivity index (χ1v) is 8.77. The maximum atomic E-state index is 13.5. The van der Waals surface area contributed by atoms with Gasteiger partial charge in [-0.25, -0.2) is 9.97 Å². The third-order valence-electron chi connectivity index (χ3n) is 4.99. The molecular weight excluding hydrogens is 401 g/mol. The maximum Gasteiger partial charge on any atom is 0.255 e. The third kappa shape index (κ3) is 3.59. The van der Waals surface area contributed by atoms with Crippen molar-refractivity contribution in [2.45, 2.75) is 19.9 Å². The van der Waals surface area contributed by atoms with Gasteiger partial charge >= 0.3 is 0 Å². The predicted molar refractivity (Wildman–Crippen MR) is 112 cm³/mol. The van der Waals surface area contributed by atoms with Gasteiger partial charge in [0.1, 0.15) is 11.9 Å². The Morgan fingerprint density at radius 2 is 2.00 bits per heavy atom. The number of piperazine rings is 1. The second kappa shape index (κ2) is 8.46. The smallest absolute Gasteiger partial charge is 0.255 e. The lowest BCUT2D eigenvalue weighted by Gasteiger charge is -2.36. The van der Waals surface area contributed by atoms with Crippen LogP contribution in [-0.4, -0.2) is 54.8 Å². The predicted octanol–water partition coefficient (Wildman–Crippen LogP) is 1.95. The Bertz CT molecular complexity index is 997. The summed E-state index contributed by atoms with van der Waals surface area (Å²) in [6.07, 6.45) is 3.68.